The molecular formula is C13H17N3O2. The van der Waals surface area contributed by atoms with Gasteiger partial charge in [-0.05, 0) is 23.8 Å². The van der Waals surface area contributed by atoms with Gasteiger partial charge in [-0.2, -0.15) is 5.10 Å². The fraction of sp³-hybridized carbons (Fsp3) is 0.308. The monoisotopic (exact) mass is 247 g/mol. The maximum absolute atomic E-state index is 9.44. The minimum Gasteiger partial charge on any atom is -0.497 e. The van der Waals surface area contributed by atoms with Gasteiger partial charge in [-0.25, -0.2) is 0 Å². The van der Waals surface area contributed by atoms with Crippen LogP contribution in [0.25, 0.3) is 0 Å². The van der Waals surface area contributed by atoms with E-state index in [9.17, 15) is 5.11 Å². The molecule has 1 heterocycles. The summed E-state index contributed by atoms with van der Waals surface area (Å²) < 4.78 is 5.17. The summed E-state index contributed by atoms with van der Waals surface area (Å²) in [4.78, 5) is 0. The lowest BCUT2D eigenvalue weighted by atomic mass is 10.1. The predicted molar refractivity (Wildman–Crippen MR) is 68.2 cm³/mol. The summed E-state index contributed by atoms with van der Waals surface area (Å²) in [6.45, 7) is 0.656. The van der Waals surface area contributed by atoms with Gasteiger partial charge in [-0.3, -0.25) is 5.10 Å². The van der Waals surface area contributed by atoms with Gasteiger partial charge in [0.05, 0.1) is 19.8 Å². The SMILES string of the molecule is COc1cccc(C(CO)NCc2ccn[nH]2)c1. The second kappa shape index (κ2) is 6.18. The lowest BCUT2D eigenvalue weighted by molar-refractivity contribution is 0.243. The van der Waals surface area contributed by atoms with E-state index in [-0.39, 0.29) is 12.6 Å². The highest BCUT2D eigenvalue weighted by molar-refractivity contribution is 5.30. The molecule has 0 bridgehead atoms. The van der Waals surface area contributed by atoms with E-state index in [1.165, 1.54) is 0 Å². The fourth-order valence-electron chi connectivity index (χ4n) is 1.76. The molecule has 2 aromatic rings. The Balaban J connectivity index is 2.03. The Hall–Kier alpha value is -1.85. The third-order valence-corrected chi connectivity index (χ3v) is 2.78. The molecule has 5 heteroatoms. The zero-order chi connectivity index (χ0) is 12.8. The number of rotatable bonds is 6. The Bertz CT molecular complexity index is 471. The van der Waals surface area contributed by atoms with Crippen LogP contribution in [0.1, 0.15) is 17.3 Å². The molecule has 0 amide bonds. The maximum atomic E-state index is 9.44. The summed E-state index contributed by atoms with van der Waals surface area (Å²) in [6.07, 6.45) is 1.70. The molecule has 0 aliphatic heterocycles. The van der Waals surface area contributed by atoms with Gasteiger partial charge in [-0.1, -0.05) is 12.1 Å². The number of ether oxygens (including phenoxy) is 1. The molecule has 0 spiro atoms. The minimum atomic E-state index is -0.122. The van der Waals surface area contributed by atoms with E-state index >= 15 is 0 Å². The van der Waals surface area contributed by atoms with Crippen LogP contribution in [0.3, 0.4) is 0 Å². The molecule has 18 heavy (non-hydrogen) atoms. The number of benzene rings is 1. The highest BCUT2D eigenvalue weighted by Crippen LogP contribution is 2.19. The third-order valence-electron chi connectivity index (χ3n) is 2.78. The quantitative estimate of drug-likeness (QED) is 0.718. The third kappa shape index (κ3) is 3.09. The first-order valence-electron chi connectivity index (χ1n) is 5.80. The lowest BCUT2D eigenvalue weighted by Gasteiger charge is -2.16. The van der Waals surface area contributed by atoms with E-state index in [1.54, 1.807) is 13.3 Å². The molecule has 0 aliphatic carbocycles. The van der Waals surface area contributed by atoms with E-state index in [2.05, 4.69) is 15.5 Å². The Morgan fingerprint density at radius 1 is 1.44 bits per heavy atom. The average molecular weight is 247 g/mol. The van der Waals surface area contributed by atoms with Crippen LogP contribution in [0.4, 0.5) is 0 Å². The van der Waals surface area contributed by atoms with E-state index in [1.807, 2.05) is 30.3 Å². The van der Waals surface area contributed by atoms with Crippen molar-refractivity contribution in [3.05, 3.63) is 47.8 Å². The molecule has 3 N–H and O–H groups in total. The molecule has 96 valence electrons. The van der Waals surface area contributed by atoms with Crippen LogP contribution < -0.4 is 10.1 Å². The summed E-state index contributed by atoms with van der Waals surface area (Å²) in [5, 5.41) is 19.5. The number of nitrogens with zero attached hydrogens (tertiary/aromatic N) is 1. The number of hydrogen-bond acceptors (Lipinski definition) is 4. The van der Waals surface area contributed by atoms with E-state index in [4.69, 9.17) is 4.74 Å². The zero-order valence-electron chi connectivity index (χ0n) is 10.3. The van der Waals surface area contributed by atoms with E-state index < -0.39 is 0 Å². The number of aliphatic hydroxyl groups is 1. The van der Waals surface area contributed by atoms with Crippen molar-refractivity contribution in [2.24, 2.45) is 0 Å². The van der Waals surface area contributed by atoms with Gasteiger partial charge in [0, 0.05) is 18.4 Å². The number of H-pyrrole nitrogens is 1. The Morgan fingerprint density at radius 2 is 2.33 bits per heavy atom. The summed E-state index contributed by atoms with van der Waals surface area (Å²) >= 11 is 0. The first-order chi connectivity index (χ1) is 8.83. The minimum absolute atomic E-state index is 0.0291. The van der Waals surface area contributed by atoms with Crippen molar-refractivity contribution < 1.29 is 9.84 Å². The van der Waals surface area contributed by atoms with Crippen LogP contribution in [0.5, 0.6) is 5.75 Å². The molecule has 1 aromatic heterocycles. The second-order valence-corrected chi connectivity index (χ2v) is 3.97. The molecule has 0 aliphatic rings. The first-order valence-corrected chi connectivity index (χ1v) is 5.80. The summed E-state index contributed by atoms with van der Waals surface area (Å²) in [6, 6.07) is 9.45. The van der Waals surface area contributed by atoms with Crippen molar-refractivity contribution in [2.45, 2.75) is 12.6 Å². The number of aromatic amines is 1. The standard InChI is InChI=1S/C13H17N3O2/c1-18-12-4-2-3-10(7-12)13(9-17)14-8-11-5-6-15-16-11/h2-7,13-14,17H,8-9H2,1H3,(H,15,16). The van der Waals surface area contributed by atoms with Gasteiger partial charge in [-0.15, -0.1) is 0 Å². The number of aliphatic hydroxyl groups excluding tert-OH is 1. The molecule has 0 saturated heterocycles. The highest BCUT2D eigenvalue weighted by atomic mass is 16.5. The number of aromatic nitrogens is 2. The van der Waals surface area contributed by atoms with Crippen LogP contribution >= 0.6 is 0 Å². The highest BCUT2D eigenvalue weighted by Gasteiger charge is 2.10. The topological polar surface area (TPSA) is 70.2 Å². The van der Waals surface area contributed by atoms with Gasteiger partial charge >= 0.3 is 0 Å². The van der Waals surface area contributed by atoms with Crippen LogP contribution in [0.2, 0.25) is 0 Å². The van der Waals surface area contributed by atoms with Gasteiger partial charge in [0.2, 0.25) is 0 Å². The van der Waals surface area contributed by atoms with Gasteiger partial charge in [0.1, 0.15) is 5.75 Å². The summed E-state index contributed by atoms with van der Waals surface area (Å²) in [5.41, 5.74) is 1.98. The van der Waals surface area contributed by atoms with Gasteiger partial charge in [0.15, 0.2) is 0 Å². The largest absolute Gasteiger partial charge is 0.497 e. The Labute approximate surface area is 106 Å². The van der Waals surface area contributed by atoms with Crippen molar-refractivity contribution in [2.75, 3.05) is 13.7 Å². The summed E-state index contributed by atoms with van der Waals surface area (Å²) in [5.74, 6) is 0.786. The van der Waals surface area contributed by atoms with E-state index in [0.717, 1.165) is 17.0 Å². The molecular weight excluding hydrogens is 230 g/mol. The van der Waals surface area contributed by atoms with Crippen LogP contribution in [0, 0.1) is 0 Å². The molecule has 0 saturated carbocycles. The fourth-order valence-corrected chi connectivity index (χ4v) is 1.76. The predicted octanol–water partition coefficient (Wildman–Crippen LogP) is 1.24. The molecule has 0 fully saturated rings. The maximum Gasteiger partial charge on any atom is 0.119 e. The lowest BCUT2D eigenvalue weighted by Crippen LogP contribution is -2.24. The van der Waals surface area contributed by atoms with Crippen molar-refractivity contribution >= 4 is 0 Å². The van der Waals surface area contributed by atoms with Crippen molar-refractivity contribution in [3.8, 4) is 5.75 Å². The van der Waals surface area contributed by atoms with Crippen LogP contribution in [-0.2, 0) is 6.54 Å². The normalized spacial score (nSPS) is 12.3. The molecule has 1 unspecified atom stereocenters. The smallest absolute Gasteiger partial charge is 0.119 e. The molecule has 2 rings (SSSR count). The molecule has 5 nitrogen and oxygen atoms in total. The molecule has 0 radical (unpaired) electrons. The van der Waals surface area contributed by atoms with E-state index in [0.29, 0.717) is 6.54 Å². The average Bonchev–Trinajstić information content (AvgIpc) is 2.93. The van der Waals surface area contributed by atoms with Crippen LogP contribution in [0.15, 0.2) is 36.5 Å². The Kier molecular flexibility index (Phi) is 4.33. The zero-order valence-corrected chi connectivity index (χ0v) is 10.3. The Morgan fingerprint density at radius 3 is 3.00 bits per heavy atom. The van der Waals surface area contributed by atoms with Crippen molar-refractivity contribution in [1.29, 1.82) is 0 Å². The van der Waals surface area contributed by atoms with Crippen molar-refractivity contribution in [1.82, 2.24) is 15.5 Å². The number of nitrogens with one attached hydrogen (secondary N) is 2. The summed E-state index contributed by atoms with van der Waals surface area (Å²) in [7, 11) is 1.63. The number of methoxy groups -OCH3 is 1. The first kappa shape index (κ1) is 12.6. The van der Waals surface area contributed by atoms with Crippen molar-refractivity contribution in [3.63, 3.8) is 0 Å². The molecule has 1 aromatic carbocycles. The number of hydrogen-bond donors (Lipinski definition) is 3. The van der Waals surface area contributed by atoms with Gasteiger partial charge < -0.3 is 15.2 Å². The van der Waals surface area contributed by atoms with Crippen LogP contribution in [-0.4, -0.2) is 29.0 Å². The van der Waals surface area contributed by atoms with Gasteiger partial charge in [0.25, 0.3) is 0 Å². The molecule has 1 atom stereocenters. The second-order valence-electron chi connectivity index (χ2n) is 3.97.